The van der Waals surface area contributed by atoms with Crippen LogP contribution in [0.4, 0.5) is 0 Å². The molecule has 2 fully saturated rings. The first-order valence-corrected chi connectivity index (χ1v) is 8.17. The van der Waals surface area contributed by atoms with Gasteiger partial charge in [0, 0.05) is 24.7 Å². The number of carbonyl (C=O) groups excluding carboxylic acids is 1. The van der Waals surface area contributed by atoms with Crippen LogP contribution in [0.3, 0.4) is 0 Å². The van der Waals surface area contributed by atoms with Crippen molar-refractivity contribution in [2.45, 2.75) is 25.3 Å². The van der Waals surface area contributed by atoms with Gasteiger partial charge in [-0.3, -0.25) is 4.79 Å². The van der Waals surface area contributed by atoms with Crippen molar-refractivity contribution in [3.8, 4) is 5.75 Å². The second kappa shape index (κ2) is 5.52. The van der Waals surface area contributed by atoms with E-state index in [1.165, 1.54) is 12.8 Å². The van der Waals surface area contributed by atoms with Gasteiger partial charge in [-0.15, -0.1) is 0 Å². The van der Waals surface area contributed by atoms with Gasteiger partial charge in [-0.05, 0) is 65.5 Å². The van der Waals surface area contributed by atoms with Crippen LogP contribution in [0.5, 0.6) is 5.75 Å². The fourth-order valence-corrected chi connectivity index (χ4v) is 3.85. The Morgan fingerprint density at radius 1 is 1.35 bits per heavy atom. The van der Waals surface area contributed by atoms with E-state index in [4.69, 9.17) is 5.73 Å². The summed E-state index contributed by atoms with van der Waals surface area (Å²) >= 11 is 2.05. The van der Waals surface area contributed by atoms with Crippen LogP contribution in [-0.4, -0.2) is 35.0 Å². The molecule has 4 nitrogen and oxygen atoms in total. The third kappa shape index (κ3) is 2.53. The van der Waals surface area contributed by atoms with Crippen LogP contribution in [0.25, 0.3) is 0 Å². The molecule has 5 heteroatoms. The number of phenolic OH excluding ortho intramolecular Hbond substituents is 1. The highest BCUT2D eigenvalue weighted by atomic mass is 127. The number of phenols is 1. The van der Waals surface area contributed by atoms with E-state index in [1.54, 1.807) is 18.2 Å². The number of amides is 1. The molecule has 3 rings (SSSR count). The fraction of sp³-hybridized carbons (Fsp3) is 0.533. The molecular formula is C15H19IN2O2. The standard InChI is InChI=1S/C15H19IN2O2/c16-12-5-4-9(6-14(12)19)15(20)18-7-10-2-1-3-13(17)11(10)8-18/h4-6,10-11,13,19H,1-3,7-8,17H2. The third-order valence-electron chi connectivity index (χ3n) is 4.63. The molecule has 3 unspecified atom stereocenters. The Bertz CT molecular complexity index is 535. The Labute approximate surface area is 132 Å². The summed E-state index contributed by atoms with van der Waals surface area (Å²) in [5.74, 6) is 1.19. The first-order valence-electron chi connectivity index (χ1n) is 7.09. The lowest BCUT2D eigenvalue weighted by Crippen LogP contribution is -2.38. The van der Waals surface area contributed by atoms with Gasteiger partial charge >= 0.3 is 0 Å². The second-order valence-corrected chi connectivity index (χ2v) is 7.06. The van der Waals surface area contributed by atoms with Gasteiger partial charge in [-0.25, -0.2) is 0 Å². The van der Waals surface area contributed by atoms with E-state index in [0.29, 0.717) is 17.4 Å². The van der Waals surface area contributed by atoms with Crippen molar-refractivity contribution in [1.82, 2.24) is 4.90 Å². The molecule has 2 aliphatic rings. The monoisotopic (exact) mass is 386 g/mol. The zero-order chi connectivity index (χ0) is 14.3. The van der Waals surface area contributed by atoms with E-state index < -0.39 is 0 Å². The second-order valence-electron chi connectivity index (χ2n) is 5.90. The summed E-state index contributed by atoms with van der Waals surface area (Å²) in [5, 5.41) is 9.74. The van der Waals surface area contributed by atoms with E-state index in [9.17, 15) is 9.90 Å². The topological polar surface area (TPSA) is 66.6 Å². The number of rotatable bonds is 1. The van der Waals surface area contributed by atoms with Crippen LogP contribution in [0.2, 0.25) is 0 Å². The molecule has 1 saturated heterocycles. The lowest BCUT2D eigenvalue weighted by Gasteiger charge is -2.29. The number of nitrogens with zero attached hydrogens (tertiary/aromatic N) is 1. The predicted octanol–water partition coefficient (Wildman–Crippen LogP) is 2.20. The molecule has 0 aromatic heterocycles. The Morgan fingerprint density at radius 3 is 2.85 bits per heavy atom. The highest BCUT2D eigenvalue weighted by molar-refractivity contribution is 14.1. The van der Waals surface area contributed by atoms with Gasteiger partial charge in [-0.1, -0.05) is 6.42 Å². The van der Waals surface area contributed by atoms with Crippen molar-refractivity contribution in [3.05, 3.63) is 27.3 Å². The van der Waals surface area contributed by atoms with Gasteiger partial charge in [-0.2, -0.15) is 0 Å². The minimum Gasteiger partial charge on any atom is -0.507 e. The molecule has 1 amide bonds. The minimum atomic E-state index is 0.0123. The smallest absolute Gasteiger partial charge is 0.254 e. The maximum atomic E-state index is 12.5. The van der Waals surface area contributed by atoms with Crippen LogP contribution in [0.1, 0.15) is 29.6 Å². The minimum absolute atomic E-state index is 0.0123. The molecular weight excluding hydrogens is 367 g/mol. The van der Waals surface area contributed by atoms with E-state index >= 15 is 0 Å². The number of fused-ring (bicyclic) bond motifs is 1. The molecule has 0 radical (unpaired) electrons. The molecule has 1 aromatic rings. The molecule has 1 aliphatic heterocycles. The number of hydrogen-bond donors (Lipinski definition) is 2. The van der Waals surface area contributed by atoms with Gasteiger partial charge in [0.25, 0.3) is 5.91 Å². The van der Waals surface area contributed by atoms with Crippen molar-refractivity contribution in [1.29, 1.82) is 0 Å². The zero-order valence-electron chi connectivity index (χ0n) is 11.3. The number of benzene rings is 1. The Hall–Kier alpha value is -0.820. The summed E-state index contributed by atoms with van der Waals surface area (Å²) in [5.41, 5.74) is 6.75. The van der Waals surface area contributed by atoms with E-state index in [2.05, 4.69) is 22.6 Å². The van der Waals surface area contributed by atoms with Crippen LogP contribution in [0.15, 0.2) is 18.2 Å². The Morgan fingerprint density at radius 2 is 2.15 bits per heavy atom. The van der Waals surface area contributed by atoms with Crippen molar-refractivity contribution < 1.29 is 9.90 Å². The molecule has 1 heterocycles. The number of aromatic hydroxyl groups is 1. The van der Waals surface area contributed by atoms with Gasteiger partial charge < -0.3 is 15.7 Å². The number of nitrogens with two attached hydrogens (primary N) is 1. The number of halogens is 1. The molecule has 108 valence electrons. The third-order valence-corrected chi connectivity index (χ3v) is 5.55. The molecule has 3 atom stereocenters. The molecule has 3 N–H and O–H groups in total. The first-order chi connectivity index (χ1) is 9.56. The van der Waals surface area contributed by atoms with Crippen molar-refractivity contribution in [3.63, 3.8) is 0 Å². The summed E-state index contributed by atoms with van der Waals surface area (Å²) in [6.45, 7) is 1.57. The summed E-state index contributed by atoms with van der Waals surface area (Å²) in [6, 6.07) is 5.35. The van der Waals surface area contributed by atoms with Gasteiger partial charge in [0.15, 0.2) is 0 Å². The maximum absolute atomic E-state index is 12.5. The lowest BCUT2D eigenvalue weighted by atomic mass is 9.78. The predicted molar refractivity (Wildman–Crippen MR) is 85.5 cm³/mol. The quantitative estimate of drug-likeness (QED) is 0.728. The van der Waals surface area contributed by atoms with E-state index in [0.717, 1.165) is 23.1 Å². The number of carbonyl (C=O) groups is 1. The van der Waals surface area contributed by atoms with Crippen LogP contribution < -0.4 is 5.73 Å². The molecule has 1 aliphatic carbocycles. The van der Waals surface area contributed by atoms with Crippen molar-refractivity contribution in [2.24, 2.45) is 17.6 Å². The van der Waals surface area contributed by atoms with E-state index in [-0.39, 0.29) is 17.7 Å². The van der Waals surface area contributed by atoms with Crippen molar-refractivity contribution >= 4 is 28.5 Å². The first kappa shape index (κ1) is 14.1. The zero-order valence-corrected chi connectivity index (χ0v) is 13.4. The largest absolute Gasteiger partial charge is 0.507 e. The summed E-state index contributed by atoms with van der Waals surface area (Å²) < 4.78 is 0.760. The SMILES string of the molecule is NC1CCCC2CN(C(=O)c3ccc(I)c(O)c3)CC12. The molecule has 1 aromatic carbocycles. The summed E-state index contributed by atoms with van der Waals surface area (Å²) in [6.07, 6.45) is 3.43. The number of likely N-dealkylation sites (tertiary alicyclic amines) is 1. The van der Waals surface area contributed by atoms with E-state index in [1.807, 2.05) is 4.90 Å². The average molecular weight is 386 g/mol. The lowest BCUT2D eigenvalue weighted by molar-refractivity contribution is 0.0783. The number of hydrogen-bond acceptors (Lipinski definition) is 3. The molecule has 0 spiro atoms. The molecule has 0 bridgehead atoms. The van der Waals surface area contributed by atoms with Crippen LogP contribution >= 0.6 is 22.6 Å². The highest BCUT2D eigenvalue weighted by Crippen LogP contribution is 2.36. The summed E-state index contributed by atoms with van der Waals surface area (Å²) in [4.78, 5) is 14.4. The highest BCUT2D eigenvalue weighted by Gasteiger charge is 2.40. The van der Waals surface area contributed by atoms with Crippen LogP contribution in [-0.2, 0) is 0 Å². The Kier molecular flexibility index (Phi) is 3.90. The van der Waals surface area contributed by atoms with Gasteiger partial charge in [0.05, 0.1) is 3.57 Å². The Balaban J connectivity index is 1.76. The molecule has 20 heavy (non-hydrogen) atoms. The average Bonchev–Trinajstić information content (AvgIpc) is 2.86. The normalized spacial score (nSPS) is 29.3. The summed E-state index contributed by atoms with van der Waals surface area (Å²) in [7, 11) is 0. The molecule has 1 saturated carbocycles. The van der Waals surface area contributed by atoms with Gasteiger partial charge in [0.2, 0.25) is 0 Å². The maximum Gasteiger partial charge on any atom is 0.254 e. The van der Waals surface area contributed by atoms with Crippen LogP contribution in [0, 0.1) is 15.4 Å². The van der Waals surface area contributed by atoms with Gasteiger partial charge in [0.1, 0.15) is 5.75 Å². The van der Waals surface area contributed by atoms with Crippen molar-refractivity contribution in [2.75, 3.05) is 13.1 Å². The fourth-order valence-electron chi connectivity index (χ4n) is 3.51.